The Balaban J connectivity index is 0.000000224. The van der Waals surface area contributed by atoms with Crippen LogP contribution in [0.5, 0.6) is 5.75 Å². The first kappa shape index (κ1) is 17.7. The Hall–Kier alpha value is -2.33. The minimum Gasteiger partial charge on any atom is -0.507 e. The van der Waals surface area contributed by atoms with E-state index in [9.17, 15) is 9.90 Å². The first-order valence-electron chi connectivity index (χ1n) is 7.21. The quantitative estimate of drug-likeness (QED) is 0.801. The fraction of sp³-hybridized carbons (Fsp3) is 0.278. The SMILES string of the molecule is CC[C@@H](C)[C@H](O)c1ccccc1.O=C(O)c1ccccc1O. The Morgan fingerprint density at radius 1 is 1.05 bits per heavy atom. The third-order valence-corrected chi connectivity index (χ3v) is 3.46. The molecule has 118 valence electrons. The molecular weight excluding hydrogens is 280 g/mol. The van der Waals surface area contributed by atoms with Crippen molar-refractivity contribution < 1.29 is 20.1 Å². The fourth-order valence-corrected chi connectivity index (χ4v) is 1.86. The predicted octanol–water partition coefficient (Wildman–Crippen LogP) is 3.86. The molecule has 0 aliphatic rings. The van der Waals surface area contributed by atoms with Gasteiger partial charge in [0.1, 0.15) is 11.3 Å². The molecule has 0 saturated carbocycles. The van der Waals surface area contributed by atoms with Crippen LogP contribution in [0.3, 0.4) is 0 Å². The zero-order valence-electron chi connectivity index (χ0n) is 12.8. The lowest BCUT2D eigenvalue weighted by Crippen LogP contribution is -2.07. The molecule has 0 heterocycles. The van der Waals surface area contributed by atoms with Gasteiger partial charge in [0.05, 0.1) is 6.10 Å². The molecule has 4 heteroatoms. The third-order valence-electron chi connectivity index (χ3n) is 3.46. The van der Waals surface area contributed by atoms with Crippen LogP contribution >= 0.6 is 0 Å². The number of rotatable bonds is 4. The fourth-order valence-electron chi connectivity index (χ4n) is 1.86. The van der Waals surface area contributed by atoms with Gasteiger partial charge in [0.2, 0.25) is 0 Å². The average molecular weight is 302 g/mol. The van der Waals surface area contributed by atoms with Gasteiger partial charge in [-0.2, -0.15) is 0 Å². The second kappa shape index (κ2) is 8.85. The number of aromatic hydroxyl groups is 1. The molecule has 2 aromatic rings. The summed E-state index contributed by atoms with van der Waals surface area (Å²) >= 11 is 0. The van der Waals surface area contributed by atoms with E-state index in [2.05, 4.69) is 13.8 Å². The van der Waals surface area contributed by atoms with Crippen LogP contribution in [0.25, 0.3) is 0 Å². The van der Waals surface area contributed by atoms with E-state index in [0.29, 0.717) is 5.92 Å². The van der Waals surface area contributed by atoms with Gasteiger partial charge in [0.25, 0.3) is 0 Å². The second-order valence-electron chi connectivity index (χ2n) is 5.06. The van der Waals surface area contributed by atoms with Crippen molar-refractivity contribution >= 4 is 5.97 Å². The van der Waals surface area contributed by atoms with E-state index in [1.165, 1.54) is 12.1 Å². The summed E-state index contributed by atoms with van der Waals surface area (Å²) in [6, 6.07) is 15.6. The molecule has 22 heavy (non-hydrogen) atoms. The minimum absolute atomic E-state index is 0.0671. The van der Waals surface area contributed by atoms with Gasteiger partial charge in [-0.05, 0) is 23.6 Å². The Kier molecular flexibility index (Phi) is 7.13. The molecule has 3 N–H and O–H groups in total. The lowest BCUT2D eigenvalue weighted by molar-refractivity contribution is 0.0693. The van der Waals surface area contributed by atoms with Crippen molar-refractivity contribution in [2.75, 3.05) is 0 Å². The maximum Gasteiger partial charge on any atom is 0.339 e. The monoisotopic (exact) mass is 302 g/mol. The van der Waals surface area contributed by atoms with E-state index in [4.69, 9.17) is 10.2 Å². The Labute approximate surface area is 130 Å². The van der Waals surface area contributed by atoms with Gasteiger partial charge < -0.3 is 15.3 Å². The average Bonchev–Trinajstić information content (AvgIpc) is 2.55. The largest absolute Gasteiger partial charge is 0.507 e. The molecule has 0 aliphatic carbocycles. The normalized spacial score (nSPS) is 12.7. The van der Waals surface area contributed by atoms with Crippen LogP contribution < -0.4 is 0 Å². The molecule has 0 aliphatic heterocycles. The van der Waals surface area contributed by atoms with E-state index >= 15 is 0 Å². The highest BCUT2D eigenvalue weighted by Gasteiger charge is 2.13. The van der Waals surface area contributed by atoms with E-state index in [-0.39, 0.29) is 17.4 Å². The first-order chi connectivity index (χ1) is 10.5. The number of aliphatic hydroxyl groups is 1. The van der Waals surface area contributed by atoms with Crippen molar-refractivity contribution in [3.05, 3.63) is 65.7 Å². The van der Waals surface area contributed by atoms with Gasteiger partial charge in [0, 0.05) is 0 Å². The van der Waals surface area contributed by atoms with E-state index in [1.807, 2.05) is 30.3 Å². The number of aliphatic hydroxyl groups excluding tert-OH is 1. The number of hydrogen-bond donors (Lipinski definition) is 3. The van der Waals surface area contributed by atoms with Gasteiger partial charge in [-0.1, -0.05) is 62.7 Å². The van der Waals surface area contributed by atoms with Crippen LogP contribution in [0.15, 0.2) is 54.6 Å². The highest BCUT2D eigenvalue weighted by Crippen LogP contribution is 2.23. The van der Waals surface area contributed by atoms with Crippen molar-refractivity contribution in [2.45, 2.75) is 26.4 Å². The Morgan fingerprint density at radius 2 is 1.59 bits per heavy atom. The molecule has 2 atom stereocenters. The van der Waals surface area contributed by atoms with Gasteiger partial charge in [-0.3, -0.25) is 0 Å². The number of phenols is 1. The summed E-state index contributed by atoms with van der Waals surface area (Å²) in [7, 11) is 0. The Morgan fingerprint density at radius 3 is 2.05 bits per heavy atom. The number of aromatic carboxylic acids is 1. The standard InChI is InChI=1S/C11H16O.C7H6O3/c1-3-9(2)11(12)10-7-5-4-6-8-10;8-6-4-2-1-3-5(6)7(9)10/h4-9,11-12H,3H2,1-2H3;1-4,8H,(H,9,10)/t9-,11+;/m1./s1. The first-order valence-corrected chi connectivity index (χ1v) is 7.21. The summed E-state index contributed by atoms with van der Waals surface area (Å²) in [4.78, 5) is 10.3. The van der Waals surface area contributed by atoms with Crippen molar-refractivity contribution in [2.24, 2.45) is 5.92 Å². The number of carboxylic acid groups (broad SMARTS) is 1. The highest BCUT2D eigenvalue weighted by atomic mass is 16.4. The lowest BCUT2D eigenvalue weighted by Gasteiger charge is -2.16. The van der Waals surface area contributed by atoms with Crippen molar-refractivity contribution in [3.8, 4) is 5.75 Å². The summed E-state index contributed by atoms with van der Waals surface area (Å²) in [6.07, 6.45) is 0.701. The van der Waals surface area contributed by atoms with Crippen molar-refractivity contribution in [1.82, 2.24) is 0 Å². The summed E-state index contributed by atoms with van der Waals surface area (Å²) in [5, 5.41) is 27.1. The molecule has 0 radical (unpaired) electrons. The van der Waals surface area contributed by atoms with Crippen LogP contribution in [0, 0.1) is 5.92 Å². The number of hydrogen-bond acceptors (Lipinski definition) is 3. The van der Waals surface area contributed by atoms with Crippen LogP contribution in [0.1, 0.15) is 42.3 Å². The molecule has 2 aromatic carbocycles. The van der Waals surface area contributed by atoms with E-state index in [1.54, 1.807) is 12.1 Å². The van der Waals surface area contributed by atoms with Crippen molar-refractivity contribution in [1.29, 1.82) is 0 Å². The molecule has 0 fully saturated rings. The lowest BCUT2D eigenvalue weighted by atomic mass is 9.95. The van der Waals surface area contributed by atoms with Crippen LogP contribution in [0.4, 0.5) is 0 Å². The zero-order chi connectivity index (χ0) is 16.5. The number of carboxylic acids is 1. The van der Waals surface area contributed by atoms with Gasteiger partial charge in [-0.15, -0.1) is 0 Å². The maximum atomic E-state index is 10.3. The zero-order valence-corrected chi connectivity index (χ0v) is 12.8. The third kappa shape index (κ3) is 5.22. The molecule has 0 amide bonds. The smallest absolute Gasteiger partial charge is 0.339 e. The van der Waals surface area contributed by atoms with Crippen molar-refractivity contribution in [3.63, 3.8) is 0 Å². The maximum absolute atomic E-state index is 10.3. The molecule has 0 aromatic heterocycles. The summed E-state index contributed by atoms with van der Waals surface area (Å²) in [6.45, 7) is 4.16. The highest BCUT2D eigenvalue weighted by molar-refractivity contribution is 5.90. The van der Waals surface area contributed by atoms with Crippen LogP contribution in [-0.2, 0) is 0 Å². The predicted molar refractivity (Wildman–Crippen MR) is 85.9 cm³/mol. The molecule has 2 rings (SSSR count). The van der Waals surface area contributed by atoms with E-state index in [0.717, 1.165) is 12.0 Å². The van der Waals surface area contributed by atoms with Crippen LogP contribution in [0.2, 0.25) is 0 Å². The van der Waals surface area contributed by atoms with Gasteiger partial charge in [-0.25, -0.2) is 4.79 Å². The molecule has 0 spiro atoms. The number of para-hydroxylation sites is 1. The van der Waals surface area contributed by atoms with E-state index < -0.39 is 5.97 Å². The number of carbonyl (C=O) groups is 1. The summed E-state index contributed by atoms with van der Waals surface area (Å²) in [5.41, 5.74) is 0.953. The summed E-state index contributed by atoms with van der Waals surface area (Å²) in [5.74, 6) is -0.972. The second-order valence-corrected chi connectivity index (χ2v) is 5.06. The topological polar surface area (TPSA) is 77.8 Å². The Bertz CT molecular complexity index is 581. The summed E-state index contributed by atoms with van der Waals surface area (Å²) < 4.78 is 0. The minimum atomic E-state index is -1.11. The molecular formula is C18H22O4. The molecule has 0 bridgehead atoms. The molecule has 0 saturated heterocycles. The molecule has 4 nitrogen and oxygen atoms in total. The number of benzene rings is 2. The van der Waals surface area contributed by atoms with Gasteiger partial charge >= 0.3 is 5.97 Å². The van der Waals surface area contributed by atoms with Crippen LogP contribution in [-0.4, -0.2) is 21.3 Å². The van der Waals surface area contributed by atoms with Gasteiger partial charge in [0.15, 0.2) is 0 Å². The molecule has 0 unspecified atom stereocenters.